The number of para-hydroxylation sites is 1. The van der Waals surface area contributed by atoms with Gasteiger partial charge in [0.25, 0.3) is 0 Å². The number of carbonyl (C=O) groups is 1. The lowest BCUT2D eigenvalue weighted by molar-refractivity contribution is 0.0694. The van der Waals surface area contributed by atoms with E-state index in [1.165, 1.54) is 0 Å². The summed E-state index contributed by atoms with van der Waals surface area (Å²) in [6.45, 7) is 8.04. The Kier molecular flexibility index (Phi) is 6.44. The topological polar surface area (TPSA) is 85.9 Å². The fourth-order valence-corrected chi connectivity index (χ4v) is 3.21. The fraction of sp³-hybridized carbons (Fsp3) is 0.292. The van der Waals surface area contributed by atoms with Crippen molar-refractivity contribution in [1.82, 2.24) is 9.78 Å². The Morgan fingerprint density at radius 2 is 1.90 bits per heavy atom. The van der Waals surface area contributed by atoms with Gasteiger partial charge in [0.15, 0.2) is 0 Å². The van der Waals surface area contributed by atoms with Gasteiger partial charge in [0, 0.05) is 7.05 Å². The van der Waals surface area contributed by atoms with Crippen molar-refractivity contribution in [2.24, 2.45) is 12.2 Å². The van der Waals surface area contributed by atoms with Crippen molar-refractivity contribution in [2.45, 2.75) is 39.7 Å². The Morgan fingerprint density at radius 1 is 1.19 bits per heavy atom. The molecule has 0 saturated heterocycles. The summed E-state index contributed by atoms with van der Waals surface area (Å²) in [4.78, 5) is 17.0. The van der Waals surface area contributed by atoms with E-state index in [4.69, 9.17) is 9.57 Å². The SMILES string of the molecule is Cc1nn(C)c(Oc2ccccc2)c1C=NOCc1ccc(C(=O)O)c(C(C)(C)C)c1. The molecule has 0 unspecified atom stereocenters. The van der Waals surface area contributed by atoms with Crippen LogP contribution >= 0.6 is 0 Å². The molecule has 0 atom stereocenters. The maximum Gasteiger partial charge on any atom is 0.335 e. The molecular formula is C24H27N3O4. The van der Waals surface area contributed by atoms with Gasteiger partial charge in [0.2, 0.25) is 5.88 Å². The zero-order chi connectivity index (χ0) is 22.6. The average molecular weight is 421 g/mol. The minimum absolute atomic E-state index is 0.216. The Balaban J connectivity index is 1.74. The molecule has 3 aromatic rings. The third-order valence-electron chi connectivity index (χ3n) is 4.78. The summed E-state index contributed by atoms with van der Waals surface area (Å²) in [5.74, 6) is 0.333. The van der Waals surface area contributed by atoms with Gasteiger partial charge in [-0.05, 0) is 41.7 Å². The monoisotopic (exact) mass is 421 g/mol. The largest absolute Gasteiger partial charge is 0.478 e. The number of aryl methyl sites for hydroxylation is 2. The van der Waals surface area contributed by atoms with E-state index in [9.17, 15) is 9.90 Å². The van der Waals surface area contributed by atoms with Crippen LogP contribution in [-0.2, 0) is 23.9 Å². The quantitative estimate of drug-likeness (QED) is 0.425. The first-order chi connectivity index (χ1) is 14.7. The van der Waals surface area contributed by atoms with Gasteiger partial charge < -0.3 is 14.7 Å². The number of aromatic carboxylic acids is 1. The highest BCUT2D eigenvalue weighted by atomic mass is 16.6. The van der Waals surface area contributed by atoms with Gasteiger partial charge in [-0.25, -0.2) is 9.48 Å². The highest BCUT2D eigenvalue weighted by Crippen LogP contribution is 2.28. The second-order valence-corrected chi connectivity index (χ2v) is 8.29. The summed E-state index contributed by atoms with van der Waals surface area (Å²) in [5, 5.41) is 17.9. The van der Waals surface area contributed by atoms with Crippen LogP contribution in [0.25, 0.3) is 0 Å². The zero-order valence-corrected chi connectivity index (χ0v) is 18.4. The molecule has 0 radical (unpaired) electrons. The Hall–Kier alpha value is -3.61. The third kappa shape index (κ3) is 5.31. The summed E-state index contributed by atoms with van der Waals surface area (Å²) in [5.41, 5.74) is 3.09. The molecule has 1 heterocycles. The molecular weight excluding hydrogens is 394 g/mol. The normalized spacial score (nSPS) is 11.6. The summed E-state index contributed by atoms with van der Waals surface area (Å²) in [7, 11) is 1.81. The first-order valence-corrected chi connectivity index (χ1v) is 9.95. The van der Waals surface area contributed by atoms with Crippen LogP contribution in [0.5, 0.6) is 11.6 Å². The molecule has 0 spiro atoms. The van der Waals surface area contributed by atoms with Gasteiger partial charge >= 0.3 is 5.97 Å². The molecule has 0 bridgehead atoms. The van der Waals surface area contributed by atoms with Crippen LogP contribution in [0.3, 0.4) is 0 Å². The minimum atomic E-state index is -0.937. The predicted molar refractivity (Wildman–Crippen MR) is 119 cm³/mol. The number of oxime groups is 1. The highest BCUT2D eigenvalue weighted by Gasteiger charge is 2.22. The van der Waals surface area contributed by atoms with Crippen LogP contribution in [0.2, 0.25) is 0 Å². The first-order valence-electron chi connectivity index (χ1n) is 9.95. The number of benzene rings is 2. The Morgan fingerprint density at radius 3 is 2.55 bits per heavy atom. The molecule has 0 aliphatic rings. The molecule has 0 aliphatic heterocycles. The number of ether oxygens (including phenoxy) is 1. The van der Waals surface area contributed by atoms with E-state index >= 15 is 0 Å². The predicted octanol–water partition coefficient (Wildman–Crippen LogP) is 5.07. The average Bonchev–Trinajstić information content (AvgIpc) is 2.98. The lowest BCUT2D eigenvalue weighted by atomic mass is 9.83. The number of carboxylic acid groups (broad SMARTS) is 1. The summed E-state index contributed by atoms with van der Waals surface area (Å²) in [6, 6.07) is 14.7. The van der Waals surface area contributed by atoms with Crippen molar-refractivity contribution in [1.29, 1.82) is 0 Å². The molecule has 2 aromatic carbocycles. The number of hydrogen-bond donors (Lipinski definition) is 1. The van der Waals surface area contributed by atoms with Crippen molar-refractivity contribution < 1.29 is 19.5 Å². The summed E-state index contributed by atoms with van der Waals surface area (Å²) >= 11 is 0. The van der Waals surface area contributed by atoms with Crippen LogP contribution in [0.1, 0.15) is 53.5 Å². The summed E-state index contributed by atoms with van der Waals surface area (Å²) in [6.07, 6.45) is 1.58. The molecule has 1 aromatic heterocycles. The van der Waals surface area contributed by atoms with E-state index < -0.39 is 5.97 Å². The number of nitrogens with zero attached hydrogens (tertiary/aromatic N) is 3. The standard InChI is InChI=1S/C24H27N3O4/c1-16-20(22(27(5)26-16)31-18-9-7-6-8-10-18)14-25-30-15-17-11-12-19(23(28)29)21(13-17)24(2,3)4/h6-14H,15H2,1-5H3,(H,28,29). The molecule has 7 nitrogen and oxygen atoms in total. The van der Waals surface area contributed by atoms with E-state index in [-0.39, 0.29) is 12.0 Å². The van der Waals surface area contributed by atoms with Gasteiger partial charge in [0.05, 0.1) is 23.0 Å². The maximum absolute atomic E-state index is 11.5. The van der Waals surface area contributed by atoms with E-state index in [2.05, 4.69) is 10.3 Å². The van der Waals surface area contributed by atoms with Crippen LogP contribution in [0, 0.1) is 6.92 Å². The zero-order valence-electron chi connectivity index (χ0n) is 18.4. The third-order valence-corrected chi connectivity index (χ3v) is 4.78. The minimum Gasteiger partial charge on any atom is -0.478 e. The molecule has 0 amide bonds. The molecule has 1 N–H and O–H groups in total. The number of hydrogen-bond acceptors (Lipinski definition) is 5. The molecule has 31 heavy (non-hydrogen) atoms. The first kappa shape index (κ1) is 22.1. The molecule has 7 heteroatoms. The van der Waals surface area contributed by atoms with Gasteiger partial charge in [-0.2, -0.15) is 5.10 Å². The van der Waals surface area contributed by atoms with Crippen LogP contribution in [-0.4, -0.2) is 27.1 Å². The second-order valence-electron chi connectivity index (χ2n) is 8.29. The molecule has 0 fully saturated rings. The van der Waals surface area contributed by atoms with Crippen LogP contribution in [0.4, 0.5) is 0 Å². The van der Waals surface area contributed by atoms with Crippen molar-refractivity contribution in [2.75, 3.05) is 0 Å². The fourth-order valence-electron chi connectivity index (χ4n) is 3.21. The van der Waals surface area contributed by atoms with Crippen molar-refractivity contribution in [3.8, 4) is 11.6 Å². The molecule has 3 rings (SSSR count). The highest BCUT2D eigenvalue weighted by molar-refractivity contribution is 5.90. The van der Waals surface area contributed by atoms with Crippen LogP contribution < -0.4 is 4.74 Å². The second kappa shape index (κ2) is 9.04. The van der Waals surface area contributed by atoms with E-state index in [1.54, 1.807) is 23.0 Å². The Bertz CT molecular complexity index is 1100. The molecule has 162 valence electrons. The molecule has 0 saturated carbocycles. The summed E-state index contributed by atoms with van der Waals surface area (Å²) < 4.78 is 7.62. The van der Waals surface area contributed by atoms with E-state index in [1.807, 2.05) is 71.1 Å². The number of carboxylic acids is 1. The Labute approximate surface area is 181 Å². The van der Waals surface area contributed by atoms with Crippen molar-refractivity contribution >= 4 is 12.2 Å². The lowest BCUT2D eigenvalue weighted by Gasteiger charge is -2.22. The molecule has 0 aliphatic carbocycles. The van der Waals surface area contributed by atoms with Gasteiger partial charge in [0.1, 0.15) is 12.4 Å². The van der Waals surface area contributed by atoms with Gasteiger partial charge in [-0.3, -0.25) is 0 Å². The lowest BCUT2D eigenvalue weighted by Crippen LogP contribution is -2.17. The van der Waals surface area contributed by atoms with Crippen molar-refractivity contribution in [3.05, 3.63) is 76.5 Å². The van der Waals surface area contributed by atoms with Crippen molar-refractivity contribution in [3.63, 3.8) is 0 Å². The van der Waals surface area contributed by atoms with Crippen LogP contribution in [0.15, 0.2) is 53.7 Å². The number of aromatic nitrogens is 2. The van der Waals surface area contributed by atoms with E-state index in [0.29, 0.717) is 17.2 Å². The number of rotatable bonds is 7. The van der Waals surface area contributed by atoms with Gasteiger partial charge in [-0.1, -0.05) is 56.3 Å². The maximum atomic E-state index is 11.5. The van der Waals surface area contributed by atoms with E-state index in [0.717, 1.165) is 22.4 Å². The van der Waals surface area contributed by atoms with Gasteiger partial charge in [-0.15, -0.1) is 0 Å². The smallest absolute Gasteiger partial charge is 0.335 e.